The van der Waals surface area contributed by atoms with E-state index in [1.807, 2.05) is 0 Å². The molecule has 1 fully saturated rings. The van der Waals surface area contributed by atoms with Crippen molar-refractivity contribution >= 4 is 12.0 Å². The Morgan fingerprint density at radius 2 is 2.31 bits per heavy atom. The molecule has 0 aliphatic carbocycles. The Labute approximate surface area is 76.8 Å². The number of rotatable bonds is 2. The average molecular weight is 186 g/mol. The lowest BCUT2D eigenvalue weighted by Gasteiger charge is -2.20. The summed E-state index contributed by atoms with van der Waals surface area (Å²) in [7, 11) is 0. The van der Waals surface area contributed by atoms with Crippen LogP contribution in [0.4, 0.5) is 4.79 Å². The van der Waals surface area contributed by atoms with Gasteiger partial charge in [0.05, 0.1) is 6.61 Å². The van der Waals surface area contributed by atoms with E-state index in [9.17, 15) is 9.59 Å². The van der Waals surface area contributed by atoms with Gasteiger partial charge in [-0.25, -0.2) is 9.59 Å². The van der Waals surface area contributed by atoms with Crippen LogP contribution >= 0.6 is 0 Å². The van der Waals surface area contributed by atoms with Crippen molar-refractivity contribution in [3.63, 3.8) is 0 Å². The molecule has 1 aliphatic heterocycles. The standard InChI is InChI=1S/C8H14N2O3/c1-2-13-7(11)6-4-3-5-10(6)8(9)12/h6H,2-5H2,1H3,(H2,9,12)/t6-/m1/s1. The van der Waals surface area contributed by atoms with Crippen LogP contribution < -0.4 is 5.73 Å². The van der Waals surface area contributed by atoms with Crippen molar-refractivity contribution in [2.45, 2.75) is 25.8 Å². The number of primary amides is 1. The van der Waals surface area contributed by atoms with E-state index >= 15 is 0 Å². The highest BCUT2D eigenvalue weighted by Gasteiger charge is 2.33. The highest BCUT2D eigenvalue weighted by Crippen LogP contribution is 2.17. The number of esters is 1. The first-order valence-electron chi connectivity index (χ1n) is 4.39. The van der Waals surface area contributed by atoms with Crippen LogP contribution in [-0.2, 0) is 9.53 Å². The van der Waals surface area contributed by atoms with E-state index in [0.717, 1.165) is 6.42 Å². The van der Waals surface area contributed by atoms with Crippen molar-refractivity contribution < 1.29 is 14.3 Å². The second kappa shape index (κ2) is 4.11. The summed E-state index contributed by atoms with van der Waals surface area (Å²) in [5, 5.41) is 0. The van der Waals surface area contributed by atoms with E-state index in [0.29, 0.717) is 19.6 Å². The fourth-order valence-electron chi connectivity index (χ4n) is 1.51. The molecule has 13 heavy (non-hydrogen) atoms. The molecule has 1 aliphatic rings. The SMILES string of the molecule is CCOC(=O)[C@H]1CCCN1C(N)=O. The van der Waals surface area contributed by atoms with Gasteiger partial charge in [-0.1, -0.05) is 0 Å². The largest absolute Gasteiger partial charge is 0.464 e. The average Bonchev–Trinajstić information content (AvgIpc) is 2.52. The van der Waals surface area contributed by atoms with Crippen LogP contribution in [0, 0.1) is 0 Å². The number of carbonyl (C=O) groups is 2. The number of nitrogens with zero attached hydrogens (tertiary/aromatic N) is 1. The van der Waals surface area contributed by atoms with Gasteiger partial charge in [-0.2, -0.15) is 0 Å². The Bertz CT molecular complexity index is 217. The van der Waals surface area contributed by atoms with Gasteiger partial charge in [0.2, 0.25) is 0 Å². The summed E-state index contributed by atoms with van der Waals surface area (Å²) in [6, 6.07) is -1.01. The maximum atomic E-state index is 11.3. The lowest BCUT2D eigenvalue weighted by Crippen LogP contribution is -2.44. The van der Waals surface area contributed by atoms with Gasteiger partial charge in [0.25, 0.3) is 0 Å². The van der Waals surface area contributed by atoms with E-state index in [1.165, 1.54) is 4.90 Å². The Hall–Kier alpha value is -1.26. The minimum absolute atomic E-state index is 0.335. The maximum Gasteiger partial charge on any atom is 0.328 e. The van der Waals surface area contributed by atoms with Gasteiger partial charge in [-0.3, -0.25) is 0 Å². The molecule has 5 nitrogen and oxygen atoms in total. The zero-order chi connectivity index (χ0) is 9.84. The summed E-state index contributed by atoms with van der Waals surface area (Å²) in [5.41, 5.74) is 5.10. The number of urea groups is 1. The third-order valence-electron chi connectivity index (χ3n) is 2.09. The van der Waals surface area contributed by atoms with E-state index in [4.69, 9.17) is 10.5 Å². The minimum atomic E-state index is -0.546. The van der Waals surface area contributed by atoms with Crippen molar-refractivity contribution in [2.24, 2.45) is 5.73 Å². The smallest absolute Gasteiger partial charge is 0.328 e. The number of nitrogens with two attached hydrogens (primary N) is 1. The van der Waals surface area contributed by atoms with Crippen molar-refractivity contribution in [3.8, 4) is 0 Å². The normalized spacial score (nSPS) is 21.6. The van der Waals surface area contributed by atoms with Gasteiger partial charge >= 0.3 is 12.0 Å². The maximum absolute atomic E-state index is 11.3. The summed E-state index contributed by atoms with van der Waals surface area (Å²) in [5.74, 6) is -0.348. The molecule has 0 saturated carbocycles. The molecule has 0 aromatic carbocycles. The summed E-state index contributed by atoms with van der Waals surface area (Å²) in [6.07, 6.45) is 1.47. The van der Waals surface area contributed by atoms with Gasteiger partial charge < -0.3 is 15.4 Å². The van der Waals surface area contributed by atoms with Crippen molar-refractivity contribution in [1.29, 1.82) is 0 Å². The molecule has 1 atom stereocenters. The summed E-state index contributed by atoms with van der Waals surface area (Å²) < 4.78 is 4.82. The molecular weight excluding hydrogens is 172 g/mol. The molecule has 2 amide bonds. The van der Waals surface area contributed by atoms with E-state index < -0.39 is 12.1 Å². The van der Waals surface area contributed by atoms with Gasteiger partial charge in [-0.15, -0.1) is 0 Å². The molecule has 0 spiro atoms. The van der Waals surface area contributed by atoms with Gasteiger partial charge in [0.1, 0.15) is 6.04 Å². The molecule has 74 valence electrons. The predicted molar refractivity (Wildman–Crippen MR) is 45.9 cm³/mol. The lowest BCUT2D eigenvalue weighted by molar-refractivity contribution is -0.147. The fraction of sp³-hybridized carbons (Fsp3) is 0.750. The highest BCUT2D eigenvalue weighted by molar-refractivity contribution is 5.83. The third-order valence-corrected chi connectivity index (χ3v) is 2.09. The molecule has 1 saturated heterocycles. The Balaban J connectivity index is 2.57. The molecule has 0 radical (unpaired) electrons. The van der Waals surface area contributed by atoms with Crippen molar-refractivity contribution in [2.75, 3.05) is 13.2 Å². The molecule has 2 N–H and O–H groups in total. The predicted octanol–water partition coefficient (Wildman–Crippen LogP) is 0.0926. The summed E-state index contributed by atoms with van der Waals surface area (Å²) in [4.78, 5) is 23.5. The molecule has 0 bridgehead atoms. The monoisotopic (exact) mass is 186 g/mol. The molecule has 0 aromatic rings. The van der Waals surface area contributed by atoms with Crippen LogP contribution in [0.1, 0.15) is 19.8 Å². The van der Waals surface area contributed by atoms with Crippen LogP contribution in [0.5, 0.6) is 0 Å². The topological polar surface area (TPSA) is 72.6 Å². The van der Waals surface area contributed by atoms with Crippen LogP contribution in [0.15, 0.2) is 0 Å². The number of ether oxygens (including phenoxy) is 1. The van der Waals surface area contributed by atoms with E-state index in [1.54, 1.807) is 6.92 Å². The fourth-order valence-corrected chi connectivity index (χ4v) is 1.51. The molecule has 0 aromatic heterocycles. The van der Waals surface area contributed by atoms with Crippen LogP contribution in [-0.4, -0.2) is 36.1 Å². The molecule has 0 unspecified atom stereocenters. The van der Waals surface area contributed by atoms with Crippen LogP contribution in [0.3, 0.4) is 0 Å². The minimum Gasteiger partial charge on any atom is -0.464 e. The third kappa shape index (κ3) is 2.11. The highest BCUT2D eigenvalue weighted by atomic mass is 16.5. The van der Waals surface area contributed by atoms with E-state index in [-0.39, 0.29) is 5.97 Å². The zero-order valence-electron chi connectivity index (χ0n) is 7.66. The number of likely N-dealkylation sites (tertiary alicyclic amines) is 1. The van der Waals surface area contributed by atoms with Gasteiger partial charge in [0, 0.05) is 6.54 Å². The second-order valence-electron chi connectivity index (χ2n) is 2.94. The number of hydrogen-bond donors (Lipinski definition) is 1. The first kappa shape index (κ1) is 9.83. The van der Waals surface area contributed by atoms with Gasteiger partial charge in [-0.05, 0) is 19.8 Å². The Morgan fingerprint density at radius 3 is 2.85 bits per heavy atom. The van der Waals surface area contributed by atoms with Crippen molar-refractivity contribution in [1.82, 2.24) is 4.90 Å². The summed E-state index contributed by atoms with van der Waals surface area (Å²) in [6.45, 7) is 2.63. The quantitative estimate of drug-likeness (QED) is 0.621. The number of amides is 2. The first-order valence-corrected chi connectivity index (χ1v) is 4.39. The first-order chi connectivity index (χ1) is 6.16. The molecule has 1 rings (SSSR count). The summed E-state index contributed by atoms with van der Waals surface area (Å²) >= 11 is 0. The molecule has 5 heteroatoms. The zero-order valence-corrected chi connectivity index (χ0v) is 7.66. The lowest BCUT2D eigenvalue weighted by atomic mass is 10.2. The number of carbonyl (C=O) groups excluding carboxylic acids is 2. The van der Waals surface area contributed by atoms with Crippen LogP contribution in [0.2, 0.25) is 0 Å². The van der Waals surface area contributed by atoms with Crippen molar-refractivity contribution in [3.05, 3.63) is 0 Å². The molecular formula is C8H14N2O3. The second-order valence-corrected chi connectivity index (χ2v) is 2.94. The van der Waals surface area contributed by atoms with Crippen LogP contribution in [0.25, 0.3) is 0 Å². The van der Waals surface area contributed by atoms with E-state index in [2.05, 4.69) is 0 Å². The Kier molecular flexibility index (Phi) is 3.11. The Morgan fingerprint density at radius 1 is 1.62 bits per heavy atom. The molecule has 1 heterocycles. The van der Waals surface area contributed by atoms with Gasteiger partial charge in [0.15, 0.2) is 0 Å². The number of hydrogen-bond acceptors (Lipinski definition) is 3.